The van der Waals surface area contributed by atoms with Crippen molar-refractivity contribution in [2.75, 3.05) is 25.1 Å². The first-order valence-electron chi connectivity index (χ1n) is 10.1. The van der Waals surface area contributed by atoms with Crippen LogP contribution in [0.5, 0.6) is 11.5 Å². The Morgan fingerprint density at radius 3 is 2.45 bits per heavy atom. The minimum absolute atomic E-state index is 0.139. The number of hydrogen-bond donors (Lipinski definition) is 2. The highest BCUT2D eigenvalue weighted by atomic mass is 16.5. The van der Waals surface area contributed by atoms with Gasteiger partial charge in [0, 0.05) is 19.3 Å². The Morgan fingerprint density at radius 2 is 1.79 bits per heavy atom. The van der Waals surface area contributed by atoms with Crippen molar-refractivity contribution >= 4 is 17.5 Å². The molecule has 29 heavy (non-hydrogen) atoms. The number of ether oxygens (including phenoxy) is 2. The lowest BCUT2D eigenvalue weighted by atomic mass is 10.1. The van der Waals surface area contributed by atoms with Crippen LogP contribution in [0.25, 0.3) is 0 Å². The highest BCUT2D eigenvalue weighted by Gasteiger charge is 2.18. The number of rotatable bonds is 11. The average molecular weight is 402 g/mol. The van der Waals surface area contributed by atoms with Crippen molar-refractivity contribution in [3.63, 3.8) is 0 Å². The number of aromatic nitrogens is 2. The molecule has 0 radical (unpaired) electrons. The van der Waals surface area contributed by atoms with Gasteiger partial charge in [0.25, 0.3) is 5.91 Å². The molecule has 0 aliphatic rings. The van der Waals surface area contributed by atoms with E-state index in [0.717, 1.165) is 12.0 Å². The van der Waals surface area contributed by atoms with E-state index in [-0.39, 0.29) is 23.9 Å². The molecular formula is C21H30N4O4. The monoisotopic (exact) mass is 402 g/mol. The van der Waals surface area contributed by atoms with Crippen molar-refractivity contribution in [3.05, 3.63) is 35.7 Å². The lowest BCUT2D eigenvalue weighted by Crippen LogP contribution is -2.26. The van der Waals surface area contributed by atoms with E-state index in [2.05, 4.69) is 15.7 Å². The summed E-state index contributed by atoms with van der Waals surface area (Å²) in [4.78, 5) is 24.9. The zero-order chi connectivity index (χ0) is 21.2. The summed E-state index contributed by atoms with van der Waals surface area (Å²) in [6, 6.07) is 5.44. The highest BCUT2D eigenvalue weighted by molar-refractivity contribution is 6.02. The zero-order valence-corrected chi connectivity index (χ0v) is 17.6. The number of nitrogens with zero attached hydrogens (tertiary/aromatic N) is 2. The smallest absolute Gasteiger partial charge is 0.273 e. The number of amides is 2. The Kier molecular flexibility index (Phi) is 8.51. The van der Waals surface area contributed by atoms with Crippen LogP contribution in [-0.2, 0) is 17.8 Å². The van der Waals surface area contributed by atoms with Crippen LogP contribution in [0, 0.1) is 0 Å². The maximum absolute atomic E-state index is 12.6. The lowest BCUT2D eigenvalue weighted by Gasteiger charge is -2.12. The van der Waals surface area contributed by atoms with Crippen molar-refractivity contribution in [2.45, 2.75) is 47.1 Å². The predicted molar refractivity (Wildman–Crippen MR) is 112 cm³/mol. The molecule has 1 heterocycles. The molecule has 0 saturated heterocycles. The molecule has 0 spiro atoms. The van der Waals surface area contributed by atoms with E-state index in [1.807, 2.05) is 33.8 Å². The summed E-state index contributed by atoms with van der Waals surface area (Å²) in [5, 5.41) is 9.87. The van der Waals surface area contributed by atoms with E-state index < -0.39 is 0 Å². The molecule has 2 rings (SSSR count). The third-order valence-corrected chi connectivity index (χ3v) is 4.08. The van der Waals surface area contributed by atoms with Crippen LogP contribution in [0.1, 0.15) is 50.2 Å². The molecule has 0 fully saturated rings. The third-order valence-electron chi connectivity index (χ3n) is 4.08. The first-order valence-corrected chi connectivity index (χ1v) is 10.1. The molecule has 8 nitrogen and oxygen atoms in total. The van der Waals surface area contributed by atoms with Crippen LogP contribution in [0.4, 0.5) is 5.69 Å². The van der Waals surface area contributed by atoms with Crippen molar-refractivity contribution in [3.8, 4) is 11.5 Å². The topological polar surface area (TPSA) is 94.5 Å². The average Bonchev–Trinajstić information content (AvgIpc) is 3.11. The second-order valence-corrected chi connectivity index (χ2v) is 6.38. The number of aryl methyl sites for hydroxylation is 1. The fourth-order valence-electron chi connectivity index (χ4n) is 2.75. The summed E-state index contributed by atoms with van der Waals surface area (Å²) >= 11 is 0. The molecule has 1 aromatic carbocycles. The van der Waals surface area contributed by atoms with Gasteiger partial charge in [-0.2, -0.15) is 5.10 Å². The van der Waals surface area contributed by atoms with Gasteiger partial charge in [-0.3, -0.25) is 14.3 Å². The second-order valence-electron chi connectivity index (χ2n) is 6.38. The van der Waals surface area contributed by atoms with E-state index in [0.29, 0.717) is 43.5 Å². The van der Waals surface area contributed by atoms with Gasteiger partial charge in [-0.05, 0) is 44.9 Å². The molecule has 2 N–H and O–H groups in total. The molecule has 0 atom stereocenters. The molecule has 0 saturated carbocycles. The molecule has 2 aromatic rings. The first kappa shape index (κ1) is 22.3. The van der Waals surface area contributed by atoms with Crippen LogP contribution >= 0.6 is 0 Å². The summed E-state index contributed by atoms with van der Waals surface area (Å²) in [6.07, 6.45) is 2.63. The SMILES string of the molecule is CCCNC(=O)c1nn(CC)cc1NC(=O)Cc1ccc(OCC)c(OCC)c1. The largest absolute Gasteiger partial charge is 0.490 e. The maximum atomic E-state index is 12.6. The van der Waals surface area contributed by atoms with Crippen LogP contribution in [0.2, 0.25) is 0 Å². The fourth-order valence-corrected chi connectivity index (χ4v) is 2.75. The lowest BCUT2D eigenvalue weighted by molar-refractivity contribution is -0.115. The van der Waals surface area contributed by atoms with Crippen molar-refractivity contribution in [1.82, 2.24) is 15.1 Å². The van der Waals surface area contributed by atoms with E-state index >= 15 is 0 Å². The molecule has 158 valence electrons. The molecular weight excluding hydrogens is 372 g/mol. The summed E-state index contributed by atoms with van der Waals surface area (Å²) in [5.74, 6) is 0.724. The Hall–Kier alpha value is -3.03. The van der Waals surface area contributed by atoms with Gasteiger partial charge in [0.2, 0.25) is 5.91 Å². The highest BCUT2D eigenvalue weighted by Crippen LogP contribution is 2.29. The van der Waals surface area contributed by atoms with Crippen molar-refractivity contribution in [1.29, 1.82) is 0 Å². The van der Waals surface area contributed by atoms with Gasteiger partial charge in [-0.1, -0.05) is 13.0 Å². The van der Waals surface area contributed by atoms with Crippen LogP contribution < -0.4 is 20.1 Å². The molecule has 0 aliphatic carbocycles. The third kappa shape index (κ3) is 6.23. The standard InChI is InChI=1S/C21H30N4O4/c1-5-11-22-21(27)20-16(14-25(6-2)24-20)23-19(26)13-15-9-10-17(28-7-3)18(12-15)29-8-4/h9-10,12,14H,5-8,11,13H2,1-4H3,(H,22,27)(H,23,26). The number of benzene rings is 1. The van der Waals surface area contributed by atoms with Gasteiger partial charge >= 0.3 is 0 Å². The number of nitrogens with one attached hydrogen (secondary N) is 2. The summed E-state index contributed by atoms with van der Waals surface area (Å²) in [7, 11) is 0. The van der Waals surface area contributed by atoms with E-state index in [1.165, 1.54) is 0 Å². The van der Waals surface area contributed by atoms with E-state index in [1.54, 1.807) is 23.0 Å². The maximum Gasteiger partial charge on any atom is 0.273 e. The fraction of sp³-hybridized carbons (Fsp3) is 0.476. The molecule has 1 aromatic heterocycles. The second kappa shape index (κ2) is 11.1. The molecule has 8 heteroatoms. The number of carbonyl (C=O) groups is 2. The van der Waals surface area contributed by atoms with Gasteiger partial charge in [0.05, 0.1) is 25.3 Å². The quantitative estimate of drug-likeness (QED) is 0.602. The number of carbonyl (C=O) groups excluding carboxylic acids is 2. The van der Waals surface area contributed by atoms with Gasteiger partial charge in [0.1, 0.15) is 0 Å². The van der Waals surface area contributed by atoms with Crippen LogP contribution in [0.15, 0.2) is 24.4 Å². The number of anilines is 1. The minimum atomic E-state index is -0.297. The normalized spacial score (nSPS) is 10.5. The summed E-state index contributed by atoms with van der Waals surface area (Å²) in [5.41, 5.74) is 1.41. The number of hydrogen-bond acceptors (Lipinski definition) is 5. The van der Waals surface area contributed by atoms with Crippen LogP contribution in [-0.4, -0.2) is 41.4 Å². The molecule has 0 unspecified atom stereocenters. The Balaban J connectivity index is 2.13. The van der Waals surface area contributed by atoms with Gasteiger partial charge in [-0.25, -0.2) is 0 Å². The zero-order valence-electron chi connectivity index (χ0n) is 17.6. The van der Waals surface area contributed by atoms with Crippen LogP contribution in [0.3, 0.4) is 0 Å². The summed E-state index contributed by atoms with van der Waals surface area (Å²) in [6.45, 7) is 9.88. The first-order chi connectivity index (χ1) is 14.0. The van der Waals surface area contributed by atoms with Gasteiger partial charge < -0.3 is 20.1 Å². The Morgan fingerprint density at radius 1 is 1.07 bits per heavy atom. The van der Waals surface area contributed by atoms with Gasteiger partial charge in [0.15, 0.2) is 17.2 Å². The van der Waals surface area contributed by atoms with E-state index in [9.17, 15) is 9.59 Å². The minimum Gasteiger partial charge on any atom is -0.490 e. The van der Waals surface area contributed by atoms with Gasteiger partial charge in [-0.15, -0.1) is 0 Å². The summed E-state index contributed by atoms with van der Waals surface area (Å²) < 4.78 is 12.8. The Labute approximate surface area is 171 Å². The predicted octanol–water partition coefficient (Wildman–Crippen LogP) is 3.02. The Bertz CT molecular complexity index is 832. The molecule has 0 bridgehead atoms. The van der Waals surface area contributed by atoms with E-state index in [4.69, 9.17) is 9.47 Å². The van der Waals surface area contributed by atoms with Crippen molar-refractivity contribution < 1.29 is 19.1 Å². The van der Waals surface area contributed by atoms with Crippen molar-refractivity contribution in [2.24, 2.45) is 0 Å². The molecule has 2 amide bonds. The molecule has 0 aliphatic heterocycles.